The first-order valence-corrected chi connectivity index (χ1v) is 11.0. The van der Waals surface area contributed by atoms with Crippen LogP contribution in [0.1, 0.15) is 91.9 Å². The van der Waals surface area contributed by atoms with Gasteiger partial charge in [0.05, 0.1) is 6.61 Å². The van der Waals surface area contributed by atoms with Crippen LogP contribution in [-0.4, -0.2) is 30.3 Å². The lowest BCUT2D eigenvalue weighted by molar-refractivity contribution is -0.149. The van der Waals surface area contributed by atoms with Crippen molar-refractivity contribution in [2.45, 2.75) is 104 Å². The molecule has 2 fully saturated rings. The normalized spacial score (nSPS) is 20.9. The summed E-state index contributed by atoms with van der Waals surface area (Å²) in [7, 11) is 0. The van der Waals surface area contributed by atoms with Crippen molar-refractivity contribution < 1.29 is 19.1 Å². The second kappa shape index (κ2) is 10.3. The summed E-state index contributed by atoms with van der Waals surface area (Å²) in [5, 5.41) is 2.92. The number of hydrogen-bond acceptors (Lipinski definition) is 4. The number of hydrogen-bond donors (Lipinski definition) is 1. The summed E-state index contributed by atoms with van der Waals surface area (Å²) in [6, 6.07) is -0.606. The van der Waals surface area contributed by atoms with E-state index in [0.29, 0.717) is 18.4 Å². The van der Waals surface area contributed by atoms with Crippen LogP contribution in [0.15, 0.2) is 0 Å². The SMILES string of the molecule is CCOC(=O)C(NC(=O)OC(C)(C)C)C(C1CCCCC1)C1CCCCC1. The van der Waals surface area contributed by atoms with Gasteiger partial charge in [-0.2, -0.15) is 0 Å². The van der Waals surface area contributed by atoms with E-state index in [1.165, 1.54) is 38.5 Å². The fourth-order valence-corrected chi connectivity index (χ4v) is 4.95. The topological polar surface area (TPSA) is 64.6 Å². The van der Waals surface area contributed by atoms with E-state index in [-0.39, 0.29) is 11.9 Å². The Kier molecular flexibility index (Phi) is 8.43. The lowest BCUT2D eigenvalue weighted by atomic mass is 9.66. The maximum absolute atomic E-state index is 12.9. The van der Waals surface area contributed by atoms with Crippen molar-refractivity contribution in [1.82, 2.24) is 5.32 Å². The highest BCUT2D eigenvalue weighted by atomic mass is 16.6. The van der Waals surface area contributed by atoms with Crippen molar-refractivity contribution in [2.24, 2.45) is 17.8 Å². The van der Waals surface area contributed by atoms with E-state index in [1.807, 2.05) is 27.7 Å². The average molecular weight is 382 g/mol. The Morgan fingerprint density at radius 1 is 0.926 bits per heavy atom. The minimum Gasteiger partial charge on any atom is -0.464 e. The first-order chi connectivity index (χ1) is 12.8. The highest BCUT2D eigenvalue weighted by molar-refractivity contribution is 5.82. The number of rotatable bonds is 6. The minimum atomic E-state index is -0.606. The number of carbonyl (C=O) groups is 2. The number of carbonyl (C=O) groups excluding carboxylic acids is 2. The zero-order valence-corrected chi connectivity index (χ0v) is 17.7. The van der Waals surface area contributed by atoms with E-state index in [2.05, 4.69) is 5.32 Å². The monoisotopic (exact) mass is 381 g/mol. The molecule has 0 aromatic carbocycles. The van der Waals surface area contributed by atoms with Crippen molar-refractivity contribution in [3.05, 3.63) is 0 Å². The molecular formula is C22H39NO4. The van der Waals surface area contributed by atoms with Crippen LogP contribution in [0.5, 0.6) is 0 Å². The number of amides is 1. The molecule has 0 aromatic rings. The van der Waals surface area contributed by atoms with Gasteiger partial charge < -0.3 is 14.8 Å². The Morgan fingerprint density at radius 3 is 1.81 bits per heavy atom. The number of nitrogens with one attached hydrogen (secondary N) is 1. The maximum Gasteiger partial charge on any atom is 0.408 e. The first kappa shape index (κ1) is 22.0. The molecule has 0 aromatic heterocycles. The molecule has 1 amide bonds. The van der Waals surface area contributed by atoms with Crippen LogP contribution < -0.4 is 5.32 Å². The molecule has 1 unspecified atom stereocenters. The van der Waals surface area contributed by atoms with Gasteiger partial charge in [0.2, 0.25) is 0 Å². The van der Waals surface area contributed by atoms with Gasteiger partial charge >= 0.3 is 12.1 Å². The van der Waals surface area contributed by atoms with E-state index in [0.717, 1.165) is 25.7 Å². The summed E-state index contributed by atoms with van der Waals surface area (Å²) in [5.41, 5.74) is -0.589. The van der Waals surface area contributed by atoms with E-state index in [1.54, 1.807) is 0 Å². The van der Waals surface area contributed by atoms with Crippen molar-refractivity contribution in [3.8, 4) is 0 Å². The highest BCUT2D eigenvalue weighted by Gasteiger charge is 2.42. The molecule has 2 rings (SSSR count). The predicted octanol–water partition coefficient (Wildman–Crippen LogP) is 5.22. The molecule has 0 aliphatic heterocycles. The number of esters is 1. The molecule has 0 saturated heterocycles. The molecule has 0 heterocycles. The third-order valence-electron chi connectivity index (χ3n) is 5.99. The second-order valence-electron chi connectivity index (χ2n) is 9.25. The molecule has 0 bridgehead atoms. The summed E-state index contributed by atoms with van der Waals surface area (Å²) in [5.74, 6) is 0.805. The van der Waals surface area contributed by atoms with Gasteiger partial charge in [0.25, 0.3) is 0 Å². The van der Waals surface area contributed by atoms with Gasteiger partial charge in [0.15, 0.2) is 0 Å². The highest BCUT2D eigenvalue weighted by Crippen LogP contribution is 2.42. The molecule has 27 heavy (non-hydrogen) atoms. The first-order valence-electron chi connectivity index (χ1n) is 11.0. The standard InChI is InChI=1S/C22H39NO4/c1-5-26-20(24)19(23-21(25)27-22(2,3)4)18(16-12-8-6-9-13-16)17-14-10-7-11-15-17/h16-19H,5-15H2,1-4H3,(H,23,25). The van der Waals surface area contributed by atoms with Crippen LogP contribution in [0.4, 0.5) is 4.79 Å². The van der Waals surface area contributed by atoms with Gasteiger partial charge in [0, 0.05) is 0 Å². The predicted molar refractivity (Wildman–Crippen MR) is 106 cm³/mol. The molecule has 5 nitrogen and oxygen atoms in total. The summed E-state index contributed by atoms with van der Waals surface area (Å²) in [6.45, 7) is 7.66. The van der Waals surface area contributed by atoms with Gasteiger partial charge in [0.1, 0.15) is 11.6 Å². The number of ether oxygens (including phenoxy) is 2. The molecule has 156 valence electrons. The van der Waals surface area contributed by atoms with Gasteiger partial charge in [-0.25, -0.2) is 9.59 Å². The van der Waals surface area contributed by atoms with Crippen LogP contribution in [0, 0.1) is 17.8 Å². The quantitative estimate of drug-likeness (QED) is 0.641. The fraction of sp³-hybridized carbons (Fsp3) is 0.909. The Bertz CT molecular complexity index is 455. The van der Waals surface area contributed by atoms with E-state index in [9.17, 15) is 9.59 Å². The fourth-order valence-electron chi connectivity index (χ4n) is 4.95. The van der Waals surface area contributed by atoms with E-state index in [4.69, 9.17) is 9.47 Å². The molecule has 1 N–H and O–H groups in total. The lowest BCUT2D eigenvalue weighted by Gasteiger charge is -2.41. The third kappa shape index (κ3) is 7.00. The third-order valence-corrected chi connectivity index (χ3v) is 5.99. The van der Waals surface area contributed by atoms with Gasteiger partial charge in [-0.1, -0.05) is 64.2 Å². The zero-order chi connectivity index (χ0) is 19.9. The molecule has 2 aliphatic rings. The lowest BCUT2D eigenvalue weighted by Crippen LogP contribution is -2.53. The van der Waals surface area contributed by atoms with Gasteiger partial charge in [-0.05, 0) is 45.4 Å². The van der Waals surface area contributed by atoms with Crippen LogP contribution >= 0.6 is 0 Å². The molecule has 2 saturated carbocycles. The molecule has 1 atom stereocenters. The Morgan fingerprint density at radius 2 is 1.41 bits per heavy atom. The van der Waals surface area contributed by atoms with Crippen molar-refractivity contribution in [1.29, 1.82) is 0 Å². The van der Waals surface area contributed by atoms with Crippen molar-refractivity contribution >= 4 is 12.1 Å². The van der Waals surface area contributed by atoms with Crippen LogP contribution in [0.2, 0.25) is 0 Å². The van der Waals surface area contributed by atoms with Crippen LogP contribution in [-0.2, 0) is 14.3 Å². The number of alkyl carbamates (subject to hydrolysis) is 1. The molecule has 0 radical (unpaired) electrons. The maximum atomic E-state index is 12.9. The van der Waals surface area contributed by atoms with Crippen LogP contribution in [0.25, 0.3) is 0 Å². The summed E-state index contributed by atoms with van der Waals surface area (Å²) >= 11 is 0. The molecule has 0 spiro atoms. The summed E-state index contributed by atoms with van der Waals surface area (Å²) < 4.78 is 10.9. The van der Waals surface area contributed by atoms with Crippen LogP contribution in [0.3, 0.4) is 0 Å². The van der Waals surface area contributed by atoms with E-state index >= 15 is 0 Å². The molecule has 5 heteroatoms. The smallest absolute Gasteiger partial charge is 0.408 e. The average Bonchev–Trinajstić information content (AvgIpc) is 2.61. The molecule has 2 aliphatic carbocycles. The summed E-state index contributed by atoms with van der Waals surface area (Å²) in [4.78, 5) is 25.4. The van der Waals surface area contributed by atoms with E-state index < -0.39 is 17.7 Å². The zero-order valence-electron chi connectivity index (χ0n) is 17.7. The minimum absolute atomic E-state index is 0.150. The largest absolute Gasteiger partial charge is 0.464 e. The Balaban J connectivity index is 2.23. The van der Waals surface area contributed by atoms with Crippen molar-refractivity contribution in [3.63, 3.8) is 0 Å². The molecular weight excluding hydrogens is 342 g/mol. The Labute approximate surface area is 164 Å². The van der Waals surface area contributed by atoms with Crippen molar-refractivity contribution in [2.75, 3.05) is 6.61 Å². The van der Waals surface area contributed by atoms with Gasteiger partial charge in [-0.3, -0.25) is 0 Å². The Hall–Kier alpha value is -1.26. The van der Waals surface area contributed by atoms with Gasteiger partial charge in [-0.15, -0.1) is 0 Å². The summed E-state index contributed by atoms with van der Waals surface area (Å²) in [6.07, 6.45) is 11.5. The second-order valence-corrected chi connectivity index (χ2v) is 9.25.